The average Bonchev–Trinajstić information content (AvgIpc) is 2.81. The number of aromatic nitrogens is 2. The number of hydrogen-bond acceptors (Lipinski definition) is 4. The number of nitrogens with zero attached hydrogens (tertiary/aromatic N) is 2. The van der Waals surface area contributed by atoms with Crippen molar-refractivity contribution in [3.63, 3.8) is 0 Å². The highest BCUT2D eigenvalue weighted by Crippen LogP contribution is 2.31. The van der Waals surface area contributed by atoms with E-state index in [1.165, 1.54) is 0 Å². The highest BCUT2D eigenvalue weighted by Gasteiger charge is 2.30. The van der Waals surface area contributed by atoms with Crippen molar-refractivity contribution in [3.8, 4) is 0 Å². The minimum Gasteiger partial charge on any atom is -0.323 e. The zero-order valence-electron chi connectivity index (χ0n) is 11.2. The topological polar surface area (TPSA) is 78.0 Å². The van der Waals surface area contributed by atoms with Crippen molar-refractivity contribution in [1.29, 1.82) is 0 Å². The molecule has 2 N–H and O–H groups in total. The molecule has 5 nitrogen and oxygen atoms in total. The molecule has 7 heteroatoms. The quantitative estimate of drug-likeness (QED) is 0.922. The summed E-state index contributed by atoms with van der Waals surface area (Å²) >= 11 is 6.14. The smallest absolute Gasteiger partial charge is 0.150 e. The molecule has 0 bridgehead atoms. The van der Waals surface area contributed by atoms with Gasteiger partial charge in [-0.3, -0.25) is 4.68 Å². The molecule has 0 radical (unpaired) electrons. The first-order valence-electron chi connectivity index (χ1n) is 6.49. The molecule has 108 valence electrons. The first kappa shape index (κ1) is 14.8. The molecule has 19 heavy (non-hydrogen) atoms. The standard InChI is InChI=1S/C12H20ClN3O2S/c1-8(2)16-12(10(13)6-15-16)11(14)5-9-3-4-19(17,18)7-9/h6,8-9,11H,3-5,7,14H2,1-2H3. The molecule has 0 spiro atoms. The predicted octanol–water partition coefficient (Wildman–Crippen LogP) is 1.94. The second kappa shape index (κ2) is 5.42. The highest BCUT2D eigenvalue weighted by molar-refractivity contribution is 7.91. The van der Waals surface area contributed by atoms with Gasteiger partial charge in [-0.05, 0) is 32.6 Å². The van der Waals surface area contributed by atoms with Gasteiger partial charge < -0.3 is 5.73 Å². The average molecular weight is 306 g/mol. The summed E-state index contributed by atoms with van der Waals surface area (Å²) in [6.07, 6.45) is 2.93. The summed E-state index contributed by atoms with van der Waals surface area (Å²) in [7, 11) is -2.86. The monoisotopic (exact) mass is 305 g/mol. The van der Waals surface area contributed by atoms with Crippen molar-refractivity contribution in [2.24, 2.45) is 11.7 Å². The van der Waals surface area contributed by atoms with Crippen LogP contribution in [0.4, 0.5) is 0 Å². The summed E-state index contributed by atoms with van der Waals surface area (Å²) in [5.41, 5.74) is 7.01. The molecule has 2 heterocycles. The van der Waals surface area contributed by atoms with E-state index >= 15 is 0 Å². The molecule has 0 amide bonds. The Kier molecular flexibility index (Phi) is 4.23. The van der Waals surface area contributed by atoms with Gasteiger partial charge in [0.05, 0.1) is 28.4 Å². The zero-order valence-corrected chi connectivity index (χ0v) is 12.8. The molecule has 2 rings (SSSR count). The maximum Gasteiger partial charge on any atom is 0.150 e. The first-order valence-corrected chi connectivity index (χ1v) is 8.69. The predicted molar refractivity (Wildman–Crippen MR) is 75.9 cm³/mol. The van der Waals surface area contributed by atoms with Crippen molar-refractivity contribution < 1.29 is 8.42 Å². The molecule has 1 fully saturated rings. The van der Waals surface area contributed by atoms with Gasteiger partial charge in [0.2, 0.25) is 0 Å². The van der Waals surface area contributed by atoms with Gasteiger partial charge in [-0.25, -0.2) is 8.42 Å². The summed E-state index contributed by atoms with van der Waals surface area (Å²) in [6, 6.07) is -0.0865. The Bertz CT molecular complexity index is 553. The molecule has 0 aromatic carbocycles. The number of halogens is 1. The van der Waals surface area contributed by atoms with Gasteiger partial charge in [0.25, 0.3) is 0 Å². The molecule has 0 aliphatic carbocycles. The van der Waals surface area contributed by atoms with Gasteiger partial charge in [-0.15, -0.1) is 0 Å². The number of sulfone groups is 1. The van der Waals surface area contributed by atoms with E-state index in [0.717, 1.165) is 5.69 Å². The van der Waals surface area contributed by atoms with Crippen molar-refractivity contribution in [2.45, 2.75) is 38.8 Å². The fourth-order valence-electron chi connectivity index (χ4n) is 2.64. The molecule has 1 aromatic heterocycles. The van der Waals surface area contributed by atoms with Crippen LogP contribution in [0.5, 0.6) is 0 Å². The molecular formula is C12H20ClN3O2S. The third kappa shape index (κ3) is 3.30. The minimum absolute atomic E-state index is 0.131. The van der Waals surface area contributed by atoms with E-state index in [4.69, 9.17) is 17.3 Å². The van der Waals surface area contributed by atoms with Crippen molar-refractivity contribution in [2.75, 3.05) is 11.5 Å². The summed E-state index contributed by atoms with van der Waals surface area (Å²) in [4.78, 5) is 0. The number of hydrogen-bond donors (Lipinski definition) is 1. The van der Waals surface area contributed by atoms with Crippen LogP contribution in [0.25, 0.3) is 0 Å². The highest BCUT2D eigenvalue weighted by atomic mass is 35.5. The van der Waals surface area contributed by atoms with Crippen LogP contribution in [-0.2, 0) is 9.84 Å². The van der Waals surface area contributed by atoms with Crippen molar-refractivity contribution in [1.82, 2.24) is 9.78 Å². The van der Waals surface area contributed by atoms with Gasteiger partial charge in [0.15, 0.2) is 9.84 Å². The lowest BCUT2D eigenvalue weighted by molar-refractivity contribution is 0.432. The first-order chi connectivity index (χ1) is 8.80. The summed E-state index contributed by atoms with van der Waals surface area (Å²) in [5.74, 6) is 0.655. The van der Waals surface area contributed by atoms with Crippen LogP contribution >= 0.6 is 11.6 Å². The molecule has 2 atom stereocenters. The second-order valence-electron chi connectivity index (χ2n) is 5.53. The fourth-order valence-corrected chi connectivity index (χ4v) is 4.79. The molecule has 1 saturated heterocycles. The zero-order chi connectivity index (χ0) is 14.2. The van der Waals surface area contributed by atoms with Crippen LogP contribution in [0.3, 0.4) is 0 Å². The lowest BCUT2D eigenvalue weighted by atomic mass is 9.98. The molecular weight excluding hydrogens is 286 g/mol. The van der Waals surface area contributed by atoms with E-state index in [-0.39, 0.29) is 29.5 Å². The molecule has 1 aliphatic heterocycles. The van der Waals surface area contributed by atoms with Gasteiger partial charge in [0, 0.05) is 12.1 Å². The molecule has 0 saturated carbocycles. The second-order valence-corrected chi connectivity index (χ2v) is 8.16. The molecule has 1 aromatic rings. The van der Waals surface area contributed by atoms with Crippen LogP contribution in [-0.4, -0.2) is 29.7 Å². The van der Waals surface area contributed by atoms with E-state index in [1.807, 2.05) is 18.5 Å². The van der Waals surface area contributed by atoms with E-state index in [9.17, 15) is 8.42 Å². The normalized spacial score (nSPS) is 23.9. The number of rotatable bonds is 4. The Morgan fingerprint density at radius 2 is 2.26 bits per heavy atom. The third-order valence-corrected chi connectivity index (χ3v) is 5.67. The van der Waals surface area contributed by atoms with Crippen LogP contribution in [0.15, 0.2) is 6.20 Å². The summed E-state index contributed by atoms with van der Waals surface area (Å²) in [5, 5.41) is 4.78. The Morgan fingerprint density at radius 1 is 1.58 bits per heavy atom. The fraction of sp³-hybridized carbons (Fsp3) is 0.750. The van der Waals surface area contributed by atoms with Gasteiger partial charge in [-0.2, -0.15) is 5.10 Å². The Labute approximate surface area is 119 Å². The maximum atomic E-state index is 11.5. The van der Waals surface area contributed by atoms with Crippen LogP contribution in [0.1, 0.15) is 44.5 Å². The largest absolute Gasteiger partial charge is 0.323 e. The lowest BCUT2D eigenvalue weighted by Crippen LogP contribution is -2.21. The SMILES string of the molecule is CC(C)n1ncc(Cl)c1C(N)CC1CCS(=O)(=O)C1. The van der Waals surface area contributed by atoms with Gasteiger partial charge in [0.1, 0.15) is 0 Å². The van der Waals surface area contributed by atoms with Gasteiger partial charge in [-0.1, -0.05) is 11.6 Å². The minimum atomic E-state index is -2.86. The summed E-state index contributed by atoms with van der Waals surface area (Å²) in [6.45, 7) is 4.03. The van der Waals surface area contributed by atoms with Crippen molar-refractivity contribution in [3.05, 3.63) is 16.9 Å². The Morgan fingerprint density at radius 3 is 2.79 bits per heavy atom. The molecule has 2 unspecified atom stereocenters. The van der Waals surface area contributed by atoms with E-state index in [0.29, 0.717) is 17.9 Å². The van der Waals surface area contributed by atoms with E-state index < -0.39 is 9.84 Å². The number of nitrogens with two attached hydrogens (primary N) is 1. The molecule has 1 aliphatic rings. The van der Waals surface area contributed by atoms with Crippen molar-refractivity contribution >= 4 is 21.4 Å². The van der Waals surface area contributed by atoms with Gasteiger partial charge >= 0.3 is 0 Å². The summed E-state index contributed by atoms with van der Waals surface area (Å²) < 4.78 is 24.7. The van der Waals surface area contributed by atoms with Crippen LogP contribution in [0, 0.1) is 5.92 Å². The Balaban J connectivity index is 2.12. The lowest BCUT2D eigenvalue weighted by Gasteiger charge is -2.19. The third-order valence-electron chi connectivity index (χ3n) is 3.54. The Hall–Kier alpha value is -0.590. The van der Waals surface area contributed by atoms with Crippen LogP contribution < -0.4 is 5.73 Å². The van der Waals surface area contributed by atoms with E-state index in [2.05, 4.69) is 5.10 Å². The van der Waals surface area contributed by atoms with Crippen LogP contribution in [0.2, 0.25) is 5.02 Å². The maximum absolute atomic E-state index is 11.5. The van der Waals surface area contributed by atoms with E-state index in [1.54, 1.807) is 6.20 Å².